The van der Waals surface area contributed by atoms with Crippen molar-refractivity contribution in [1.29, 1.82) is 0 Å². The van der Waals surface area contributed by atoms with Crippen LogP contribution < -0.4 is 10.5 Å². The molecule has 4 aromatic rings. The van der Waals surface area contributed by atoms with E-state index in [0.717, 1.165) is 22.3 Å². The molecule has 2 aromatic heterocycles. The first kappa shape index (κ1) is 18.8. The van der Waals surface area contributed by atoms with Gasteiger partial charge in [0.2, 0.25) is 0 Å². The first-order valence-electron chi connectivity index (χ1n) is 8.36. The summed E-state index contributed by atoms with van der Waals surface area (Å²) in [5.74, 6) is -1.87. The molecule has 0 aliphatic rings. The summed E-state index contributed by atoms with van der Waals surface area (Å²) in [6, 6.07) is 7.83. The fraction of sp³-hybridized carbons (Fsp3) is 0.158. The Hall–Kier alpha value is -3.56. The molecule has 0 N–H and O–H groups in total. The number of hydrogen-bond acceptors (Lipinski definition) is 4. The lowest BCUT2D eigenvalue weighted by Gasteiger charge is -2.09. The molecule has 0 spiro atoms. The number of halogens is 4. The maximum Gasteiger partial charge on any atom is 0.573 e. The van der Waals surface area contributed by atoms with Gasteiger partial charge < -0.3 is 9.15 Å². The zero-order valence-corrected chi connectivity index (χ0v) is 14.9. The number of alkyl halides is 3. The molecule has 10 heteroatoms. The van der Waals surface area contributed by atoms with Gasteiger partial charge in [0, 0.05) is 30.4 Å². The first-order valence-corrected chi connectivity index (χ1v) is 8.36. The van der Waals surface area contributed by atoms with Gasteiger partial charge in [-0.3, -0.25) is 9.25 Å². The fourth-order valence-corrected chi connectivity index (χ4v) is 2.99. The molecule has 0 atom stereocenters. The molecule has 0 amide bonds. The van der Waals surface area contributed by atoms with E-state index in [1.807, 2.05) is 0 Å². The minimum absolute atomic E-state index is 0.0934. The molecule has 0 aliphatic heterocycles. The van der Waals surface area contributed by atoms with Gasteiger partial charge in [-0.05, 0) is 23.8 Å². The number of nitrogens with zero attached hydrogens (tertiary/aromatic N) is 3. The molecule has 0 saturated heterocycles. The predicted octanol–water partition coefficient (Wildman–Crippen LogP) is 4.08. The van der Waals surface area contributed by atoms with Gasteiger partial charge in [-0.1, -0.05) is 12.1 Å². The summed E-state index contributed by atoms with van der Waals surface area (Å²) in [4.78, 5) is 12.1. The number of ether oxygens (including phenoxy) is 1. The Kier molecular flexibility index (Phi) is 4.40. The highest BCUT2D eigenvalue weighted by molar-refractivity contribution is 5.75. The SMILES string of the molecule is Cn1cc(-c2ccc(Cn3c(=O)oc4cc(OC(F)(F)F)ccc43)c(F)c2)cn1. The third-order valence-corrected chi connectivity index (χ3v) is 4.29. The van der Waals surface area contributed by atoms with Gasteiger partial charge in [0.05, 0.1) is 18.3 Å². The summed E-state index contributed by atoms with van der Waals surface area (Å²) in [6.07, 6.45) is -1.53. The van der Waals surface area contributed by atoms with E-state index < -0.39 is 23.7 Å². The van der Waals surface area contributed by atoms with E-state index in [-0.39, 0.29) is 23.2 Å². The van der Waals surface area contributed by atoms with E-state index in [0.29, 0.717) is 5.56 Å². The molecule has 4 rings (SSSR count). The van der Waals surface area contributed by atoms with Crippen LogP contribution in [0.1, 0.15) is 5.56 Å². The molecule has 2 aromatic carbocycles. The highest BCUT2D eigenvalue weighted by atomic mass is 19.4. The second kappa shape index (κ2) is 6.80. The Morgan fingerprint density at radius 2 is 1.93 bits per heavy atom. The number of aromatic nitrogens is 3. The van der Waals surface area contributed by atoms with Crippen LogP contribution >= 0.6 is 0 Å². The maximum atomic E-state index is 14.6. The molecular weight excluding hydrogens is 394 g/mol. The van der Waals surface area contributed by atoms with Crippen LogP contribution in [-0.4, -0.2) is 20.7 Å². The highest BCUT2D eigenvalue weighted by Gasteiger charge is 2.31. The van der Waals surface area contributed by atoms with Crippen LogP contribution in [0.4, 0.5) is 17.6 Å². The van der Waals surface area contributed by atoms with Gasteiger partial charge in [0.15, 0.2) is 5.58 Å². The van der Waals surface area contributed by atoms with Crippen molar-refractivity contribution in [2.75, 3.05) is 0 Å². The second-order valence-corrected chi connectivity index (χ2v) is 6.34. The minimum atomic E-state index is -4.87. The number of fused-ring (bicyclic) bond motifs is 1. The lowest BCUT2D eigenvalue weighted by Crippen LogP contribution is -2.17. The Balaban J connectivity index is 1.65. The zero-order valence-electron chi connectivity index (χ0n) is 14.9. The van der Waals surface area contributed by atoms with Crippen molar-refractivity contribution < 1.29 is 26.7 Å². The smallest absolute Gasteiger partial charge is 0.408 e. The summed E-state index contributed by atoms with van der Waals surface area (Å²) in [6.45, 7) is -0.148. The van der Waals surface area contributed by atoms with E-state index in [4.69, 9.17) is 4.42 Å². The van der Waals surface area contributed by atoms with Crippen LogP contribution in [0.2, 0.25) is 0 Å². The lowest BCUT2D eigenvalue weighted by molar-refractivity contribution is -0.274. The van der Waals surface area contributed by atoms with Gasteiger partial charge in [-0.15, -0.1) is 13.2 Å². The predicted molar refractivity (Wildman–Crippen MR) is 94.9 cm³/mol. The van der Waals surface area contributed by atoms with E-state index in [1.54, 1.807) is 30.2 Å². The average molecular weight is 407 g/mol. The van der Waals surface area contributed by atoms with Crippen molar-refractivity contribution in [1.82, 2.24) is 14.3 Å². The highest BCUT2D eigenvalue weighted by Crippen LogP contribution is 2.27. The Bertz CT molecular complexity index is 1250. The summed E-state index contributed by atoms with van der Waals surface area (Å²) in [5, 5.41) is 4.04. The monoisotopic (exact) mass is 407 g/mol. The molecule has 0 saturated carbocycles. The summed E-state index contributed by atoms with van der Waals surface area (Å²) >= 11 is 0. The Morgan fingerprint density at radius 1 is 1.14 bits per heavy atom. The van der Waals surface area contributed by atoms with Gasteiger partial charge >= 0.3 is 12.1 Å². The number of hydrogen-bond donors (Lipinski definition) is 0. The molecular formula is C19H13F4N3O3. The van der Waals surface area contributed by atoms with Gasteiger partial charge in [0.1, 0.15) is 11.6 Å². The van der Waals surface area contributed by atoms with Crippen LogP contribution in [-0.2, 0) is 13.6 Å². The van der Waals surface area contributed by atoms with E-state index in [2.05, 4.69) is 9.84 Å². The van der Waals surface area contributed by atoms with Crippen molar-refractivity contribution in [2.24, 2.45) is 7.05 Å². The zero-order chi connectivity index (χ0) is 20.8. The molecule has 150 valence electrons. The minimum Gasteiger partial charge on any atom is -0.408 e. The Morgan fingerprint density at radius 3 is 2.59 bits per heavy atom. The third kappa shape index (κ3) is 3.86. The summed E-state index contributed by atoms with van der Waals surface area (Å²) in [7, 11) is 1.75. The van der Waals surface area contributed by atoms with Gasteiger partial charge in [-0.25, -0.2) is 9.18 Å². The molecule has 29 heavy (non-hydrogen) atoms. The second-order valence-electron chi connectivity index (χ2n) is 6.34. The van der Waals surface area contributed by atoms with E-state index in [9.17, 15) is 22.4 Å². The summed E-state index contributed by atoms with van der Waals surface area (Å²) < 4.78 is 63.2. The van der Waals surface area contributed by atoms with E-state index >= 15 is 0 Å². The van der Waals surface area contributed by atoms with Crippen LogP contribution in [0.15, 0.2) is 58.0 Å². The number of benzene rings is 2. The quantitative estimate of drug-likeness (QED) is 0.479. The summed E-state index contributed by atoms with van der Waals surface area (Å²) in [5.41, 5.74) is 1.71. The van der Waals surface area contributed by atoms with Crippen LogP contribution in [0.25, 0.3) is 22.2 Å². The molecule has 2 heterocycles. The number of aryl methyl sites for hydroxylation is 1. The van der Waals surface area contributed by atoms with E-state index in [1.165, 1.54) is 18.2 Å². The first-order chi connectivity index (χ1) is 13.7. The average Bonchev–Trinajstić information content (AvgIpc) is 3.18. The van der Waals surface area contributed by atoms with Crippen molar-refractivity contribution in [3.8, 4) is 16.9 Å². The number of rotatable bonds is 4. The van der Waals surface area contributed by atoms with Crippen LogP contribution in [0.3, 0.4) is 0 Å². The molecule has 0 aliphatic carbocycles. The topological polar surface area (TPSA) is 62.2 Å². The molecule has 0 radical (unpaired) electrons. The Labute approximate surface area is 160 Å². The maximum absolute atomic E-state index is 14.6. The van der Waals surface area contributed by atoms with Crippen molar-refractivity contribution in [2.45, 2.75) is 12.9 Å². The van der Waals surface area contributed by atoms with Crippen molar-refractivity contribution >= 4 is 11.1 Å². The largest absolute Gasteiger partial charge is 0.573 e. The van der Waals surface area contributed by atoms with Crippen molar-refractivity contribution in [3.05, 3.63) is 70.7 Å². The third-order valence-electron chi connectivity index (χ3n) is 4.29. The standard InChI is InChI=1S/C19H13F4N3O3/c1-25-9-13(8-24-25)11-2-3-12(15(20)6-11)10-26-16-5-4-14(29-19(21,22)23)7-17(16)28-18(26)27/h2-9H,10H2,1H3. The fourth-order valence-electron chi connectivity index (χ4n) is 2.99. The van der Waals surface area contributed by atoms with Gasteiger partial charge in [-0.2, -0.15) is 5.10 Å². The normalized spacial score (nSPS) is 11.9. The number of oxazole rings is 1. The van der Waals surface area contributed by atoms with Crippen LogP contribution in [0.5, 0.6) is 5.75 Å². The molecule has 0 fully saturated rings. The van der Waals surface area contributed by atoms with Crippen LogP contribution in [0, 0.1) is 5.82 Å². The lowest BCUT2D eigenvalue weighted by atomic mass is 10.1. The molecule has 0 bridgehead atoms. The van der Waals surface area contributed by atoms with Gasteiger partial charge in [0.25, 0.3) is 0 Å². The molecule has 6 nitrogen and oxygen atoms in total. The molecule has 0 unspecified atom stereocenters. The van der Waals surface area contributed by atoms with Crippen molar-refractivity contribution in [3.63, 3.8) is 0 Å².